The van der Waals surface area contributed by atoms with Gasteiger partial charge in [0.2, 0.25) is 0 Å². The van der Waals surface area contributed by atoms with E-state index in [2.05, 4.69) is 5.32 Å². The molecule has 0 saturated heterocycles. The van der Waals surface area contributed by atoms with Crippen LogP contribution in [0.1, 0.15) is 12.0 Å². The van der Waals surface area contributed by atoms with Crippen molar-refractivity contribution in [3.8, 4) is 17.6 Å². The van der Waals surface area contributed by atoms with Crippen LogP contribution in [0.25, 0.3) is 0 Å². The van der Waals surface area contributed by atoms with E-state index >= 15 is 0 Å². The summed E-state index contributed by atoms with van der Waals surface area (Å²) < 4.78 is 15.3. The van der Waals surface area contributed by atoms with Gasteiger partial charge in [-0.05, 0) is 42.5 Å². The Kier molecular flexibility index (Phi) is 7.01. The van der Waals surface area contributed by atoms with E-state index in [1.165, 1.54) is 6.07 Å². The minimum atomic E-state index is -0.542. The molecular weight excluding hydrogens is 336 g/mol. The maximum absolute atomic E-state index is 11.8. The van der Waals surface area contributed by atoms with Gasteiger partial charge < -0.3 is 19.5 Å². The summed E-state index contributed by atoms with van der Waals surface area (Å²) >= 11 is 0. The van der Waals surface area contributed by atoms with Crippen LogP contribution in [-0.2, 0) is 14.3 Å². The molecule has 0 unspecified atom stereocenters. The number of nitrogens with zero attached hydrogens (tertiary/aromatic N) is 1. The molecule has 0 bridgehead atoms. The minimum Gasteiger partial charge on any atom is -0.497 e. The number of hydrogen-bond donors (Lipinski definition) is 1. The first-order valence-electron chi connectivity index (χ1n) is 7.83. The van der Waals surface area contributed by atoms with Crippen LogP contribution in [0.4, 0.5) is 5.69 Å². The van der Waals surface area contributed by atoms with Crippen molar-refractivity contribution in [2.75, 3.05) is 25.6 Å². The Morgan fingerprint density at radius 2 is 1.85 bits per heavy atom. The van der Waals surface area contributed by atoms with Crippen molar-refractivity contribution in [1.82, 2.24) is 0 Å². The Morgan fingerprint density at radius 3 is 2.54 bits per heavy atom. The smallest absolute Gasteiger partial charge is 0.309 e. The second-order valence-corrected chi connectivity index (χ2v) is 5.18. The van der Waals surface area contributed by atoms with Crippen molar-refractivity contribution in [3.63, 3.8) is 0 Å². The third kappa shape index (κ3) is 6.17. The first-order valence-corrected chi connectivity index (χ1v) is 7.83. The third-order valence-electron chi connectivity index (χ3n) is 3.27. The number of rotatable bonds is 8. The fourth-order valence-electron chi connectivity index (χ4n) is 2.01. The van der Waals surface area contributed by atoms with Gasteiger partial charge in [-0.3, -0.25) is 9.59 Å². The van der Waals surface area contributed by atoms with Crippen LogP contribution in [0.15, 0.2) is 48.5 Å². The Labute approximate surface area is 151 Å². The zero-order valence-electron chi connectivity index (χ0n) is 14.2. The third-order valence-corrected chi connectivity index (χ3v) is 3.27. The van der Waals surface area contributed by atoms with Gasteiger partial charge in [0.05, 0.1) is 31.8 Å². The second kappa shape index (κ2) is 9.69. The summed E-state index contributed by atoms with van der Waals surface area (Å²) in [6.07, 6.45) is 0.0171. The molecule has 0 aliphatic heterocycles. The highest BCUT2D eigenvalue weighted by Gasteiger charge is 2.09. The molecule has 0 spiro atoms. The predicted octanol–water partition coefficient (Wildman–Crippen LogP) is 2.52. The molecule has 0 atom stereocenters. The highest BCUT2D eigenvalue weighted by atomic mass is 16.5. The monoisotopic (exact) mass is 354 g/mol. The minimum absolute atomic E-state index is 0.0171. The normalized spacial score (nSPS) is 9.69. The number of carbonyl (C=O) groups excluding carboxylic acids is 2. The number of methoxy groups -OCH3 is 1. The molecule has 7 nitrogen and oxygen atoms in total. The van der Waals surface area contributed by atoms with Crippen LogP contribution < -0.4 is 14.8 Å². The molecule has 2 rings (SSSR count). The molecule has 1 amide bonds. The standard InChI is InChI=1S/C19H18N2O5/c1-24-16-5-7-17(8-6-16)25-10-9-19(23)26-13-18(22)21-15-4-2-3-14(11-15)12-20/h2-8,11H,9-10,13H2,1H3,(H,21,22). The van der Waals surface area contributed by atoms with Crippen molar-refractivity contribution in [3.05, 3.63) is 54.1 Å². The molecule has 134 valence electrons. The maximum atomic E-state index is 11.8. The van der Waals surface area contributed by atoms with Gasteiger partial charge in [-0.25, -0.2) is 0 Å². The second-order valence-electron chi connectivity index (χ2n) is 5.18. The fraction of sp³-hybridized carbons (Fsp3) is 0.211. The zero-order chi connectivity index (χ0) is 18.8. The average Bonchev–Trinajstić information content (AvgIpc) is 2.67. The number of esters is 1. The van der Waals surface area contributed by atoms with Crippen molar-refractivity contribution < 1.29 is 23.8 Å². The highest BCUT2D eigenvalue weighted by molar-refractivity contribution is 5.92. The molecular formula is C19H18N2O5. The Hall–Kier alpha value is -3.53. The lowest BCUT2D eigenvalue weighted by Gasteiger charge is -2.08. The molecule has 26 heavy (non-hydrogen) atoms. The number of benzene rings is 2. The van der Waals surface area contributed by atoms with E-state index in [4.69, 9.17) is 19.5 Å². The molecule has 7 heteroatoms. The first kappa shape index (κ1) is 18.8. The average molecular weight is 354 g/mol. The van der Waals surface area contributed by atoms with E-state index in [0.29, 0.717) is 22.7 Å². The molecule has 2 aromatic rings. The van der Waals surface area contributed by atoms with E-state index in [1.54, 1.807) is 49.6 Å². The largest absolute Gasteiger partial charge is 0.497 e. The molecule has 1 N–H and O–H groups in total. The predicted molar refractivity (Wildman–Crippen MR) is 93.9 cm³/mol. The van der Waals surface area contributed by atoms with Gasteiger partial charge in [0.1, 0.15) is 11.5 Å². The van der Waals surface area contributed by atoms with Crippen LogP contribution in [0.2, 0.25) is 0 Å². The molecule has 0 aliphatic rings. The molecule has 0 aromatic heterocycles. The SMILES string of the molecule is COc1ccc(OCCC(=O)OCC(=O)Nc2cccc(C#N)c2)cc1. The fourth-order valence-corrected chi connectivity index (χ4v) is 2.01. The van der Waals surface area contributed by atoms with Gasteiger partial charge in [-0.15, -0.1) is 0 Å². The molecule has 0 saturated carbocycles. The quantitative estimate of drug-likeness (QED) is 0.732. The molecule has 0 heterocycles. The van der Waals surface area contributed by atoms with Gasteiger partial charge in [-0.1, -0.05) is 6.07 Å². The van der Waals surface area contributed by atoms with Gasteiger partial charge in [0, 0.05) is 5.69 Å². The van der Waals surface area contributed by atoms with Crippen molar-refractivity contribution in [2.24, 2.45) is 0 Å². The van der Waals surface area contributed by atoms with E-state index in [9.17, 15) is 9.59 Å². The van der Waals surface area contributed by atoms with Crippen LogP contribution >= 0.6 is 0 Å². The van der Waals surface area contributed by atoms with Crippen LogP contribution in [0.5, 0.6) is 11.5 Å². The van der Waals surface area contributed by atoms with Crippen molar-refractivity contribution in [1.29, 1.82) is 5.26 Å². The van der Waals surface area contributed by atoms with Crippen LogP contribution in [0, 0.1) is 11.3 Å². The molecule has 0 fully saturated rings. The summed E-state index contributed by atoms with van der Waals surface area (Å²) in [6.45, 7) is -0.269. The number of hydrogen-bond acceptors (Lipinski definition) is 6. The lowest BCUT2D eigenvalue weighted by Crippen LogP contribution is -2.21. The van der Waals surface area contributed by atoms with Crippen LogP contribution in [0.3, 0.4) is 0 Å². The number of nitrogens with one attached hydrogen (secondary N) is 1. The summed E-state index contributed by atoms with van der Waals surface area (Å²) in [5, 5.41) is 11.4. The zero-order valence-corrected chi connectivity index (χ0v) is 14.2. The van der Waals surface area contributed by atoms with Crippen molar-refractivity contribution >= 4 is 17.6 Å². The van der Waals surface area contributed by atoms with Gasteiger partial charge in [0.15, 0.2) is 6.61 Å². The Bertz CT molecular complexity index is 796. The van der Waals surface area contributed by atoms with Crippen LogP contribution in [-0.4, -0.2) is 32.2 Å². The maximum Gasteiger partial charge on any atom is 0.309 e. The Morgan fingerprint density at radius 1 is 1.12 bits per heavy atom. The summed E-state index contributed by atoms with van der Waals surface area (Å²) in [5.74, 6) is 0.292. The Balaban J connectivity index is 1.67. The van der Waals surface area contributed by atoms with E-state index in [-0.39, 0.29) is 13.0 Å². The van der Waals surface area contributed by atoms with E-state index < -0.39 is 18.5 Å². The molecule has 0 aliphatic carbocycles. The van der Waals surface area contributed by atoms with Gasteiger partial charge >= 0.3 is 5.97 Å². The number of carbonyl (C=O) groups is 2. The number of ether oxygens (including phenoxy) is 3. The lowest BCUT2D eigenvalue weighted by molar-refractivity contribution is -0.147. The molecule has 2 aromatic carbocycles. The van der Waals surface area contributed by atoms with Crippen molar-refractivity contribution in [2.45, 2.75) is 6.42 Å². The first-order chi connectivity index (χ1) is 12.6. The lowest BCUT2D eigenvalue weighted by atomic mass is 10.2. The van der Waals surface area contributed by atoms with E-state index in [1.807, 2.05) is 6.07 Å². The summed E-state index contributed by atoms with van der Waals surface area (Å²) in [7, 11) is 1.57. The summed E-state index contributed by atoms with van der Waals surface area (Å²) in [6, 6.07) is 15.4. The summed E-state index contributed by atoms with van der Waals surface area (Å²) in [4.78, 5) is 23.4. The number of amides is 1. The van der Waals surface area contributed by atoms with Gasteiger partial charge in [-0.2, -0.15) is 5.26 Å². The van der Waals surface area contributed by atoms with Gasteiger partial charge in [0.25, 0.3) is 5.91 Å². The number of nitriles is 1. The topological polar surface area (TPSA) is 97.7 Å². The number of anilines is 1. The summed E-state index contributed by atoms with van der Waals surface area (Å²) in [5.41, 5.74) is 0.892. The highest BCUT2D eigenvalue weighted by Crippen LogP contribution is 2.17. The van der Waals surface area contributed by atoms with E-state index in [0.717, 1.165) is 0 Å². The molecule has 0 radical (unpaired) electrons.